The zero-order chi connectivity index (χ0) is 15.5. The summed E-state index contributed by atoms with van der Waals surface area (Å²) in [6.45, 7) is 0.822. The van der Waals surface area contributed by atoms with Crippen molar-refractivity contribution >= 4 is 5.91 Å². The molecule has 0 N–H and O–H groups in total. The van der Waals surface area contributed by atoms with Gasteiger partial charge in [0.2, 0.25) is 0 Å². The Morgan fingerprint density at radius 2 is 2.32 bits per heavy atom. The molecule has 0 bridgehead atoms. The number of aromatic nitrogens is 2. The van der Waals surface area contributed by atoms with E-state index < -0.39 is 0 Å². The molecule has 2 aromatic rings. The van der Waals surface area contributed by atoms with Crippen LogP contribution < -0.4 is 4.74 Å². The molecule has 0 spiro atoms. The van der Waals surface area contributed by atoms with E-state index in [4.69, 9.17) is 4.74 Å². The predicted molar refractivity (Wildman–Crippen MR) is 84.0 cm³/mol. The van der Waals surface area contributed by atoms with Crippen molar-refractivity contribution < 1.29 is 9.53 Å². The van der Waals surface area contributed by atoms with Crippen molar-refractivity contribution in [3.63, 3.8) is 0 Å². The fourth-order valence-electron chi connectivity index (χ4n) is 3.08. The van der Waals surface area contributed by atoms with E-state index in [1.807, 2.05) is 30.1 Å². The summed E-state index contributed by atoms with van der Waals surface area (Å²) in [5, 5.41) is 4.09. The van der Waals surface area contributed by atoms with Crippen LogP contribution in [0.1, 0.15) is 28.8 Å². The second kappa shape index (κ2) is 6.22. The van der Waals surface area contributed by atoms with Gasteiger partial charge >= 0.3 is 0 Å². The van der Waals surface area contributed by atoms with Gasteiger partial charge in [-0.05, 0) is 37.0 Å². The first-order chi connectivity index (χ1) is 10.7. The van der Waals surface area contributed by atoms with Crippen molar-refractivity contribution in [3.05, 3.63) is 47.8 Å². The normalized spacial score (nSPS) is 17.7. The summed E-state index contributed by atoms with van der Waals surface area (Å²) in [4.78, 5) is 14.6. The third-order valence-corrected chi connectivity index (χ3v) is 4.20. The zero-order valence-electron chi connectivity index (χ0n) is 13.0. The highest BCUT2D eigenvalue weighted by Gasteiger charge is 2.30. The molecule has 5 nitrogen and oxygen atoms in total. The molecule has 116 valence electrons. The Bertz CT molecular complexity index is 665. The van der Waals surface area contributed by atoms with Gasteiger partial charge in [-0.3, -0.25) is 9.48 Å². The molecule has 1 saturated heterocycles. The largest absolute Gasteiger partial charge is 0.497 e. The molecule has 0 saturated carbocycles. The van der Waals surface area contributed by atoms with E-state index in [1.54, 1.807) is 24.2 Å². The third-order valence-electron chi connectivity index (χ3n) is 4.20. The summed E-state index contributed by atoms with van der Waals surface area (Å²) >= 11 is 0. The Morgan fingerprint density at radius 3 is 3.05 bits per heavy atom. The van der Waals surface area contributed by atoms with Crippen molar-refractivity contribution in [3.8, 4) is 5.75 Å². The molecule has 1 aliphatic rings. The average molecular weight is 299 g/mol. The molecule has 0 radical (unpaired) electrons. The van der Waals surface area contributed by atoms with Gasteiger partial charge in [-0.1, -0.05) is 12.1 Å². The number of carbonyl (C=O) groups is 1. The second-order valence-electron chi connectivity index (χ2n) is 5.75. The fourth-order valence-corrected chi connectivity index (χ4v) is 3.08. The first kappa shape index (κ1) is 14.6. The molecule has 5 heteroatoms. The molecule has 1 fully saturated rings. The first-order valence-electron chi connectivity index (χ1n) is 7.60. The van der Waals surface area contributed by atoms with Crippen LogP contribution in [-0.4, -0.2) is 40.3 Å². The summed E-state index contributed by atoms with van der Waals surface area (Å²) in [5.41, 5.74) is 1.87. The quantitative estimate of drug-likeness (QED) is 0.870. The first-order valence-corrected chi connectivity index (χ1v) is 7.60. The highest BCUT2D eigenvalue weighted by Crippen LogP contribution is 2.24. The Kier molecular flexibility index (Phi) is 4.13. The van der Waals surface area contributed by atoms with E-state index in [0.717, 1.165) is 31.6 Å². The molecule has 0 aliphatic carbocycles. The molecule has 1 amide bonds. The van der Waals surface area contributed by atoms with Gasteiger partial charge in [0.05, 0.1) is 18.9 Å². The van der Waals surface area contributed by atoms with Crippen molar-refractivity contribution in [2.75, 3.05) is 13.7 Å². The standard InChI is InChI=1S/C17H21N3O2/c1-19-12-14(11-18-19)17(21)20-8-4-6-15(20)9-13-5-3-7-16(10-13)22-2/h3,5,7,10-12,15H,4,6,8-9H2,1-2H3/t15-/m0/s1. The monoisotopic (exact) mass is 299 g/mol. The fraction of sp³-hybridized carbons (Fsp3) is 0.412. The van der Waals surface area contributed by atoms with Crippen LogP contribution in [0, 0.1) is 0 Å². The van der Waals surface area contributed by atoms with Gasteiger partial charge < -0.3 is 9.64 Å². The number of nitrogens with zero attached hydrogens (tertiary/aromatic N) is 3. The summed E-state index contributed by atoms with van der Waals surface area (Å²) < 4.78 is 6.94. The maximum Gasteiger partial charge on any atom is 0.257 e. The van der Waals surface area contributed by atoms with Crippen LogP contribution in [-0.2, 0) is 13.5 Å². The van der Waals surface area contributed by atoms with Gasteiger partial charge in [-0.25, -0.2) is 0 Å². The lowest BCUT2D eigenvalue weighted by Crippen LogP contribution is -2.36. The van der Waals surface area contributed by atoms with Crippen LogP contribution >= 0.6 is 0 Å². The lowest BCUT2D eigenvalue weighted by Gasteiger charge is -2.24. The number of carbonyl (C=O) groups excluding carboxylic acids is 1. The molecule has 1 aliphatic heterocycles. The van der Waals surface area contributed by atoms with Gasteiger partial charge in [-0.15, -0.1) is 0 Å². The Balaban J connectivity index is 1.74. The molecule has 1 aromatic heterocycles. The van der Waals surface area contributed by atoms with Gasteiger partial charge in [0, 0.05) is 25.8 Å². The molecule has 2 heterocycles. The summed E-state index contributed by atoms with van der Waals surface area (Å²) in [7, 11) is 3.50. The maximum atomic E-state index is 12.6. The number of hydrogen-bond donors (Lipinski definition) is 0. The minimum Gasteiger partial charge on any atom is -0.497 e. The smallest absolute Gasteiger partial charge is 0.257 e. The average Bonchev–Trinajstić information content (AvgIpc) is 3.16. The lowest BCUT2D eigenvalue weighted by molar-refractivity contribution is 0.0736. The zero-order valence-corrected chi connectivity index (χ0v) is 13.0. The summed E-state index contributed by atoms with van der Waals surface area (Å²) in [6, 6.07) is 8.32. The number of methoxy groups -OCH3 is 1. The second-order valence-corrected chi connectivity index (χ2v) is 5.75. The molecule has 1 aromatic carbocycles. The van der Waals surface area contributed by atoms with Crippen LogP contribution in [0.2, 0.25) is 0 Å². The van der Waals surface area contributed by atoms with E-state index >= 15 is 0 Å². The van der Waals surface area contributed by atoms with Crippen LogP contribution in [0.5, 0.6) is 5.75 Å². The molecule has 22 heavy (non-hydrogen) atoms. The highest BCUT2D eigenvalue weighted by molar-refractivity contribution is 5.94. The number of ether oxygens (including phenoxy) is 1. The van der Waals surface area contributed by atoms with Crippen molar-refractivity contribution in [1.82, 2.24) is 14.7 Å². The van der Waals surface area contributed by atoms with Gasteiger partial charge in [-0.2, -0.15) is 5.10 Å². The lowest BCUT2D eigenvalue weighted by atomic mass is 10.0. The SMILES string of the molecule is COc1cccc(C[C@@H]2CCCN2C(=O)c2cnn(C)c2)c1. The van der Waals surface area contributed by atoms with Crippen LogP contribution in [0.4, 0.5) is 0 Å². The molecule has 0 unspecified atom stereocenters. The number of benzene rings is 1. The minimum absolute atomic E-state index is 0.0819. The van der Waals surface area contributed by atoms with E-state index in [-0.39, 0.29) is 11.9 Å². The van der Waals surface area contributed by atoms with Crippen LogP contribution in [0.15, 0.2) is 36.7 Å². The number of hydrogen-bond acceptors (Lipinski definition) is 3. The van der Waals surface area contributed by atoms with Crippen molar-refractivity contribution in [2.24, 2.45) is 7.05 Å². The number of aryl methyl sites for hydroxylation is 1. The topological polar surface area (TPSA) is 47.4 Å². The van der Waals surface area contributed by atoms with Crippen molar-refractivity contribution in [2.45, 2.75) is 25.3 Å². The van der Waals surface area contributed by atoms with Gasteiger partial charge in [0.1, 0.15) is 5.75 Å². The van der Waals surface area contributed by atoms with Gasteiger partial charge in [0.15, 0.2) is 0 Å². The van der Waals surface area contributed by atoms with Crippen LogP contribution in [0.25, 0.3) is 0 Å². The highest BCUT2D eigenvalue weighted by atomic mass is 16.5. The predicted octanol–water partition coefficient (Wildman–Crippen LogP) is 2.28. The third kappa shape index (κ3) is 2.98. The Hall–Kier alpha value is -2.30. The molecule has 1 atom stereocenters. The maximum absolute atomic E-state index is 12.6. The summed E-state index contributed by atoms with van der Waals surface area (Å²) in [5.74, 6) is 0.944. The number of amides is 1. The number of rotatable bonds is 4. The Morgan fingerprint density at radius 1 is 1.45 bits per heavy atom. The van der Waals surface area contributed by atoms with E-state index in [2.05, 4.69) is 11.2 Å². The molecular weight excluding hydrogens is 278 g/mol. The van der Waals surface area contributed by atoms with Gasteiger partial charge in [0.25, 0.3) is 5.91 Å². The molecule has 3 rings (SSSR count). The van der Waals surface area contributed by atoms with Crippen LogP contribution in [0.3, 0.4) is 0 Å². The van der Waals surface area contributed by atoms with E-state index in [9.17, 15) is 4.79 Å². The van der Waals surface area contributed by atoms with E-state index in [0.29, 0.717) is 5.56 Å². The summed E-state index contributed by atoms with van der Waals surface area (Å²) in [6.07, 6.45) is 6.39. The van der Waals surface area contributed by atoms with E-state index in [1.165, 1.54) is 5.56 Å². The molecular formula is C17H21N3O2. The number of likely N-dealkylation sites (tertiary alicyclic amines) is 1. The van der Waals surface area contributed by atoms with Crippen molar-refractivity contribution in [1.29, 1.82) is 0 Å². The Labute approximate surface area is 130 Å². The minimum atomic E-state index is 0.0819.